The van der Waals surface area contributed by atoms with E-state index < -0.39 is 0 Å². The zero-order valence-electron chi connectivity index (χ0n) is 16.5. The van der Waals surface area contributed by atoms with E-state index >= 15 is 0 Å². The smallest absolute Gasteiger partial charge is 0.121 e. The molecule has 1 aliphatic heterocycles. The van der Waals surface area contributed by atoms with Gasteiger partial charge in [-0.1, -0.05) is 78.9 Å². The van der Waals surface area contributed by atoms with Crippen LogP contribution in [0.5, 0.6) is 0 Å². The predicted octanol–water partition coefficient (Wildman–Crippen LogP) is 4.75. The lowest BCUT2D eigenvalue weighted by Gasteiger charge is -2.33. The molecule has 4 rings (SSSR count). The molecule has 0 aromatic heterocycles. The molecule has 0 atom stereocenters. The van der Waals surface area contributed by atoms with Crippen molar-refractivity contribution in [1.82, 2.24) is 9.80 Å². The molecule has 144 valence electrons. The van der Waals surface area contributed by atoms with Crippen LogP contribution in [-0.4, -0.2) is 36.2 Å². The normalized spacial score (nSPS) is 18.6. The van der Waals surface area contributed by atoms with Gasteiger partial charge in [0.2, 0.25) is 0 Å². The van der Waals surface area contributed by atoms with Crippen molar-refractivity contribution in [2.75, 3.05) is 20.2 Å². The number of methoxy groups -OCH3 is 1. The van der Waals surface area contributed by atoms with Crippen molar-refractivity contribution in [3.8, 4) is 0 Å². The lowest BCUT2D eigenvalue weighted by atomic mass is 10.1. The predicted molar refractivity (Wildman–Crippen MR) is 114 cm³/mol. The Balaban J connectivity index is 1.64. The molecular formula is C25H28N2O. The molecule has 3 nitrogen and oxygen atoms in total. The van der Waals surface area contributed by atoms with E-state index in [4.69, 9.17) is 4.74 Å². The molecule has 0 spiro atoms. The van der Waals surface area contributed by atoms with Gasteiger partial charge in [-0.15, -0.1) is 0 Å². The molecule has 0 saturated carbocycles. The van der Waals surface area contributed by atoms with Crippen molar-refractivity contribution < 1.29 is 4.74 Å². The van der Waals surface area contributed by atoms with Crippen LogP contribution < -0.4 is 0 Å². The molecule has 2 aromatic carbocycles. The second kappa shape index (κ2) is 9.05. The number of benzene rings is 2. The second-order valence-electron chi connectivity index (χ2n) is 7.34. The zero-order valence-corrected chi connectivity index (χ0v) is 16.5. The fraction of sp³-hybridized carbons (Fsp3) is 0.280. The van der Waals surface area contributed by atoms with E-state index in [1.54, 1.807) is 7.11 Å². The fourth-order valence-electron chi connectivity index (χ4n) is 4.13. The van der Waals surface area contributed by atoms with Gasteiger partial charge in [0.05, 0.1) is 13.3 Å². The maximum absolute atomic E-state index is 5.79. The maximum atomic E-state index is 5.79. The van der Waals surface area contributed by atoms with E-state index in [1.165, 1.54) is 16.7 Å². The summed E-state index contributed by atoms with van der Waals surface area (Å²) < 4.78 is 5.79. The second-order valence-corrected chi connectivity index (χ2v) is 7.34. The zero-order chi connectivity index (χ0) is 19.2. The van der Waals surface area contributed by atoms with Crippen LogP contribution in [0, 0.1) is 0 Å². The highest BCUT2D eigenvalue weighted by Crippen LogP contribution is 2.31. The summed E-state index contributed by atoms with van der Waals surface area (Å²) in [5.41, 5.74) is 3.95. The largest absolute Gasteiger partial charge is 0.497 e. The number of hydrogen-bond donors (Lipinski definition) is 0. The van der Waals surface area contributed by atoms with Crippen molar-refractivity contribution in [1.29, 1.82) is 0 Å². The lowest BCUT2D eigenvalue weighted by Crippen LogP contribution is -2.40. The number of hydrogen-bond acceptors (Lipinski definition) is 3. The van der Waals surface area contributed by atoms with Crippen LogP contribution in [0.2, 0.25) is 0 Å². The van der Waals surface area contributed by atoms with Gasteiger partial charge in [0.25, 0.3) is 0 Å². The Kier molecular flexibility index (Phi) is 6.05. The number of rotatable bonds is 6. The standard InChI is InChI=1S/C25H28N2O/c1-28-24-16-10-4-9-15-23(24)25-26(19-21-11-5-2-6-12-21)17-18-27(25)20-22-13-7-3-8-14-22/h2-9,11-16,25H,10,17-20H2,1H3. The van der Waals surface area contributed by atoms with Gasteiger partial charge < -0.3 is 4.74 Å². The summed E-state index contributed by atoms with van der Waals surface area (Å²) in [6, 6.07) is 21.5. The van der Waals surface area contributed by atoms with Crippen molar-refractivity contribution in [2.45, 2.75) is 25.7 Å². The topological polar surface area (TPSA) is 15.7 Å². The maximum Gasteiger partial charge on any atom is 0.121 e. The average Bonchev–Trinajstić information content (AvgIpc) is 2.97. The first-order chi connectivity index (χ1) is 13.8. The van der Waals surface area contributed by atoms with Gasteiger partial charge in [-0.2, -0.15) is 0 Å². The van der Waals surface area contributed by atoms with Crippen LogP contribution in [0.3, 0.4) is 0 Å². The van der Waals surface area contributed by atoms with Crippen molar-refractivity contribution in [3.05, 3.63) is 107 Å². The summed E-state index contributed by atoms with van der Waals surface area (Å²) in [4.78, 5) is 5.13. The number of ether oxygens (including phenoxy) is 1. The van der Waals surface area contributed by atoms with Gasteiger partial charge in [0.1, 0.15) is 5.76 Å². The summed E-state index contributed by atoms with van der Waals surface area (Å²) in [5.74, 6) is 0.994. The molecule has 0 bridgehead atoms. The third-order valence-corrected chi connectivity index (χ3v) is 5.46. The van der Waals surface area contributed by atoms with Crippen molar-refractivity contribution in [2.24, 2.45) is 0 Å². The van der Waals surface area contributed by atoms with Gasteiger partial charge >= 0.3 is 0 Å². The Morgan fingerprint density at radius 3 is 1.96 bits per heavy atom. The van der Waals surface area contributed by atoms with Gasteiger partial charge in [-0.25, -0.2) is 0 Å². The number of allylic oxidation sites excluding steroid dienone is 4. The molecule has 0 amide bonds. The Morgan fingerprint density at radius 1 is 0.857 bits per heavy atom. The van der Waals surface area contributed by atoms with E-state index in [2.05, 4.69) is 94.8 Å². The summed E-state index contributed by atoms with van der Waals surface area (Å²) >= 11 is 0. The SMILES string of the molecule is COC1=CCC=CC=C1C1N(Cc2ccccc2)CCN1Cc1ccccc1. The molecule has 28 heavy (non-hydrogen) atoms. The minimum Gasteiger partial charge on any atom is -0.497 e. The quantitative estimate of drug-likeness (QED) is 0.728. The lowest BCUT2D eigenvalue weighted by molar-refractivity contribution is 0.147. The highest BCUT2D eigenvalue weighted by molar-refractivity contribution is 5.37. The van der Waals surface area contributed by atoms with E-state index in [0.717, 1.165) is 38.4 Å². The first-order valence-corrected chi connectivity index (χ1v) is 10.0. The van der Waals surface area contributed by atoms with Crippen molar-refractivity contribution in [3.63, 3.8) is 0 Å². The minimum atomic E-state index is 0.203. The van der Waals surface area contributed by atoms with E-state index in [9.17, 15) is 0 Å². The average molecular weight is 373 g/mol. The Morgan fingerprint density at radius 2 is 1.43 bits per heavy atom. The molecule has 2 aromatic rings. The Hall–Kier alpha value is -2.62. The molecule has 3 heteroatoms. The molecule has 1 aliphatic carbocycles. The van der Waals surface area contributed by atoms with Crippen LogP contribution >= 0.6 is 0 Å². The Bertz CT molecular complexity index is 805. The van der Waals surface area contributed by atoms with Gasteiger partial charge in [0.15, 0.2) is 0 Å². The van der Waals surface area contributed by atoms with E-state index in [-0.39, 0.29) is 6.17 Å². The van der Waals surface area contributed by atoms with Crippen LogP contribution in [0.4, 0.5) is 0 Å². The fourth-order valence-corrected chi connectivity index (χ4v) is 4.13. The highest BCUT2D eigenvalue weighted by Gasteiger charge is 2.36. The van der Waals surface area contributed by atoms with E-state index in [0.29, 0.717) is 0 Å². The molecule has 0 unspecified atom stereocenters. The highest BCUT2D eigenvalue weighted by atomic mass is 16.5. The third-order valence-electron chi connectivity index (χ3n) is 5.46. The minimum absolute atomic E-state index is 0.203. The first-order valence-electron chi connectivity index (χ1n) is 10.0. The Labute approximate surface area is 168 Å². The summed E-state index contributed by atoms with van der Waals surface area (Å²) in [7, 11) is 1.78. The van der Waals surface area contributed by atoms with Gasteiger partial charge in [0, 0.05) is 31.8 Å². The monoisotopic (exact) mass is 372 g/mol. The molecule has 1 heterocycles. The number of nitrogens with zero attached hydrogens (tertiary/aromatic N) is 2. The van der Waals surface area contributed by atoms with Crippen molar-refractivity contribution >= 4 is 0 Å². The van der Waals surface area contributed by atoms with Crippen LogP contribution in [0.15, 0.2) is 96.3 Å². The van der Waals surface area contributed by atoms with Crippen LogP contribution in [0.1, 0.15) is 17.5 Å². The molecule has 2 aliphatic rings. The third kappa shape index (κ3) is 4.27. The van der Waals surface area contributed by atoms with E-state index in [1.807, 2.05) is 0 Å². The molecular weight excluding hydrogens is 344 g/mol. The van der Waals surface area contributed by atoms with Crippen LogP contribution in [-0.2, 0) is 17.8 Å². The molecule has 1 saturated heterocycles. The van der Waals surface area contributed by atoms with Gasteiger partial charge in [-0.05, 0) is 23.6 Å². The summed E-state index contributed by atoms with van der Waals surface area (Å²) in [6.45, 7) is 3.97. The molecule has 0 radical (unpaired) electrons. The van der Waals surface area contributed by atoms with Crippen LogP contribution in [0.25, 0.3) is 0 Å². The molecule has 0 N–H and O–H groups in total. The summed E-state index contributed by atoms with van der Waals surface area (Å²) in [5, 5.41) is 0. The molecule has 1 fully saturated rings. The first kappa shape index (κ1) is 18.7. The van der Waals surface area contributed by atoms with Gasteiger partial charge in [-0.3, -0.25) is 9.80 Å². The summed E-state index contributed by atoms with van der Waals surface area (Å²) in [6.07, 6.45) is 9.88.